The highest BCUT2D eigenvalue weighted by atomic mass is 32.2. The van der Waals surface area contributed by atoms with E-state index in [-0.39, 0.29) is 11.5 Å². The fourth-order valence-electron chi connectivity index (χ4n) is 3.92. The molecule has 170 valence electrons. The number of anilines is 1. The second-order valence-electron chi connectivity index (χ2n) is 7.69. The van der Waals surface area contributed by atoms with Crippen LogP contribution in [-0.2, 0) is 24.2 Å². The normalized spacial score (nSPS) is 14.1. The summed E-state index contributed by atoms with van der Waals surface area (Å²) < 4.78 is 12.2. The first-order valence-corrected chi connectivity index (χ1v) is 12.4. The van der Waals surface area contributed by atoms with Gasteiger partial charge in [0.25, 0.3) is 5.56 Å². The molecule has 1 aliphatic rings. The van der Waals surface area contributed by atoms with E-state index in [2.05, 4.69) is 5.32 Å². The maximum Gasteiger partial charge on any atom is 0.263 e. The van der Waals surface area contributed by atoms with E-state index in [0.717, 1.165) is 35.9 Å². The Morgan fingerprint density at radius 3 is 2.56 bits per heavy atom. The molecule has 0 bridgehead atoms. The number of carbonyl (C=O) groups is 1. The van der Waals surface area contributed by atoms with Gasteiger partial charge in [-0.15, -0.1) is 11.3 Å². The van der Waals surface area contributed by atoms with Crippen molar-refractivity contribution in [3.05, 3.63) is 39.0 Å². The molecule has 0 aliphatic heterocycles. The first-order valence-electron chi connectivity index (χ1n) is 10.7. The third kappa shape index (κ3) is 4.36. The third-order valence-electron chi connectivity index (χ3n) is 5.63. The van der Waals surface area contributed by atoms with Gasteiger partial charge in [-0.25, -0.2) is 4.98 Å². The van der Waals surface area contributed by atoms with E-state index in [9.17, 15) is 9.59 Å². The smallest absolute Gasteiger partial charge is 0.263 e. The molecular weight excluding hydrogens is 446 g/mol. The summed E-state index contributed by atoms with van der Waals surface area (Å²) in [5.74, 6) is 0.995. The molecule has 1 aromatic carbocycles. The second-order valence-corrected chi connectivity index (χ2v) is 10.1. The molecule has 3 aromatic rings. The van der Waals surface area contributed by atoms with E-state index < -0.39 is 5.25 Å². The monoisotopic (exact) mass is 473 g/mol. The lowest BCUT2D eigenvalue weighted by atomic mass is 9.97. The minimum atomic E-state index is -0.455. The summed E-state index contributed by atoms with van der Waals surface area (Å²) in [6.45, 7) is 4.26. The Labute approximate surface area is 195 Å². The van der Waals surface area contributed by atoms with Gasteiger partial charge in [0.2, 0.25) is 5.91 Å². The zero-order chi connectivity index (χ0) is 22.8. The molecule has 7 nitrogen and oxygen atoms in total. The molecule has 0 radical (unpaired) electrons. The van der Waals surface area contributed by atoms with Gasteiger partial charge in [-0.1, -0.05) is 11.8 Å². The Kier molecular flexibility index (Phi) is 6.76. The van der Waals surface area contributed by atoms with Gasteiger partial charge in [0.1, 0.15) is 16.3 Å². The summed E-state index contributed by atoms with van der Waals surface area (Å²) in [6, 6.07) is 5.22. The topological polar surface area (TPSA) is 82.5 Å². The molecule has 2 aromatic heterocycles. The lowest BCUT2D eigenvalue weighted by Crippen LogP contribution is -2.26. The molecule has 1 atom stereocenters. The van der Waals surface area contributed by atoms with Gasteiger partial charge in [-0.3, -0.25) is 14.2 Å². The maximum atomic E-state index is 13.3. The molecular formula is C23H27N3O4S2. The molecule has 0 spiro atoms. The summed E-state index contributed by atoms with van der Waals surface area (Å²) in [5, 5.41) is 3.81. The van der Waals surface area contributed by atoms with Crippen LogP contribution in [0.2, 0.25) is 0 Å². The van der Waals surface area contributed by atoms with Gasteiger partial charge in [0, 0.05) is 35.3 Å². The van der Waals surface area contributed by atoms with E-state index in [1.807, 2.05) is 13.8 Å². The summed E-state index contributed by atoms with van der Waals surface area (Å²) in [4.78, 5) is 33.1. The zero-order valence-electron chi connectivity index (χ0n) is 18.7. The molecule has 9 heteroatoms. The highest BCUT2D eigenvalue weighted by Gasteiger charge is 2.24. The van der Waals surface area contributed by atoms with Crippen LogP contribution in [0.25, 0.3) is 10.2 Å². The van der Waals surface area contributed by atoms with Gasteiger partial charge in [0.05, 0.1) is 24.9 Å². The minimum absolute atomic E-state index is 0.00420. The number of ether oxygens (including phenoxy) is 2. The number of fused-ring (bicyclic) bond motifs is 3. The lowest BCUT2D eigenvalue weighted by Gasteiger charge is -2.16. The van der Waals surface area contributed by atoms with Crippen molar-refractivity contribution in [3.63, 3.8) is 0 Å². The summed E-state index contributed by atoms with van der Waals surface area (Å²) in [5.41, 5.74) is 1.77. The number of aryl methyl sites for hydroxylation is 2. The largest absolute Gasteiger partial charge is 0.497 e. The summed E-state index contributed by atoms with van der Waals surface area (Å²) >= 11 is 2.93. The standard InChI is InChI=1S/C23H27N3O4S2/c1-5-26-22(28)19-17-8-6-7-9-18(17)32-21(19)25-23(26)31-13(2)20(27)24-14-10-15(29-3)12-16(11-14)30-4/h10-13H,5-9H2,1-4H3,(H,24,27). The van der Waals surface area contributed by atoms with E-state index in [1.54, 1.807) is 48.3 Å². The van der Waals surface area contributed by atoms with Crippen molar-refractivity contribution in [1.29, 1.82) is 0 Å². The lowest BCUT2D eigenvalue weighted by molar-refractivity contribution is -0.115. The van der Waals surface area contributed by atoms with Crippen LogP contribution in [0, 0.1) is 0 Å². The molecule has 1 N–H and O–H groups in total. The fourth-order valence-corrected chi connectivity index (χ4v) is 6.20. The number of nitrogens with zero attached hydrogens (tertiary/aromatic N) is 2. The van der Waals surface area contributed by atoms with Gasteiger partial charge in [-0.2, -0.15) is 0 Å². The Balaban J connectivity index is 1.60. The van der Waals surface area contributed by atoms with Gasteiger partial charge in [0.15, 0.2) is 5.16 Å². The Morgan fingerprint density at radius 1 is 1.22 bits per heavy atom. The van der Waals surface area contributed by atoms with Gasteiger partial charge in [-0.05, 0) is 45.1 Å². The fraction of sp³-hybridized carbons (Fsp3) is 0.435. The Bertz CT molecular complexity index is 1200. The van der Waals surface area contributed by atoms with E-state index in [0.29, 0.717) is 28.9 Å². The van der Waals surface area contributed by atoms with Crippen LogP contribution in [0.1, 0.15) is 37.1 Å². The van der Waals surface area contributed by atoms with Gasteiger partial charge >= 0.3 is 0 Å². The Hall–Kier alpha value is -2.52. The van der Waals surface area contributed by atoms with Crippen LogP contribution in [0.15, 0.2) is 28.2 Å². The van der Waals surface area contributed by atoms with Crippen LogP contribution in [0.3, 0.4) is 0 Å². The quantitative estimate of drug-likeness (QED) is 0.402. The number of thiophene rings is 1. The van der Waals surface area contributed by atoms with Crippen molar-refractivity contribution >= 4 is 44.9 Å². The van der Waals surface area contributed by atoms with E-state index in [4.69, 9.17) is 14.5 Å². The highest BCUT2D eigenvalue weighted by molar-refractivity contribution is 8.00. The second kappa shape index (κ2) is 9.54. The van der Waals surface area contributed by atoms with Crippen LogP contribution >= 0.6 is 23.1 Å². The van der Waals surface area contributed by atoms with E-state index >= 15 is 0 Å². The maximum absolute atomic E-state index is 13.3. The molecule has 1 unspecified atom stereocenters. The number of hydrogen-bond acceptors (Lipinski definition) is 7. The summed E-state index contributed by atoms with van der Waals surface area (Å²) in [6.07, 6.45) is 4.25. The SMILES string of the molecule is CCn1c(SC(C)C(=O)Nc2cc(OC)cc(OC)c2)nc2sc3c(c2c1=O)CCCC3. The minimum Gasteiger partial charge on any atom is -0.497 e. The average molecular weight is 474 g/mol. The van der Waals surface area contributed by atoms with Gasteiger partial charge < -0.3 is 14.8 Å². The molecule has 1 amide bonds. The van der Waals surface area contributed by atoms with Crippen LogP contribution < -0.4 is 20.3 Å². The van der Waals surface area contributed by atoms with Crippen molar-refractivity contribution in [2.75, 3.05) is 19.5 Å². The number of hydrogen-bond donors (Lipinski definition) is 1. The van der Waals surface area contributed by atoms with Crippen molar-refractivity contribution in [2.24, 2.45) is 0 Å². The number of rotatable bonds is 7. The van der Waals surface area contributed by atoms with Crippen LogP contribution in [0.5, 0.6) is 11.5 Å². The van der Waals surface area contributed by atoms with Crippen molar-refractivity contribution in [2.45, 2.75) is 56.5 Å². The first-order chi connectivity index (χ1) is 15.4. The predicted molar refractivity (Wildman–Crippen MR) is 130 cm³/mol. The van der Waals surface area contributed by atoms with Crippen molar-refractivity contribution in [3.8, 4) is 11.5 Å². The third-order valence-corrected chi connectivity index (χ3v) is 7.90. The number of benzene rings is 1. The number of thioether (sulfide) groups is 1. The predicted octanol–water partition coefficient (Wildman–Crippen LogP) is 4.49. The zero-order valence-corrected chi connectivity index (χ0v) is 20.3. The number of methoxy groups -OCH3 is 2. The van der Waals surface area contributed by atoms with Crippen molar-refractivity contribution < 1.29 is 14.3 Å². The number of amides is 1. The Morgan fingerprint density at radius 2 is 1.91 bits per heavy atom. The molecule has 0 saturated heterocycles. The molecule has 32 heavy (non-hydrogen) atoms. The number of nitrogens with one attached hydrogen (secondary N) is 1. The highest BCUT2D eigenvalue weighted by Crippen LogP contribution is 2.35. The van der Waals surface area contributed by atoms with Crippen LogP contribution in [-0.4, -0.2) is 34.9 Å². The van der Waals surface area contributed by atoms with Crippen LogP contribution in [0.4, 0.5) is 5.69 Å². The molecule has 1 aliphatic carbocycles. The summed E-state index contributed by atoms with van der Waals surface area (Å²) in [7, 11) is 3.13. The van der Waals surface area contributed by atoms with E-state index in [1.165, 1.54) is 22.2 Å². The average Bonchev–Trinajstić information content (AvgIpc) is 3.17. The molecule has 0 saturated carbocycles. The number of carbonyl (C=O) groups excluding carboxylic acids is 1. The molecule has 0 fully saturated rings. The number of aromatic nitrogens is 2. The molecule has 2 heterocycles. The molecule has 4 rings (SSSR count). The first kappa shape index (κ1) is 22.7. The van der Waals surface area contributed by atoms with Crippen molar-refractivity contribution in [1.82, 2.24) is 9.55 Å².